The molecule has 0 fully saturated rings. The monoisotopic (exact) mass is 358 g/mol. The predicted octanol–water partition coefficient (Wildman–Crippen LogP) is 4.81. The van der Waals surface area contributed by atoms with E-state index in [1.54, 1.807) is 14.0 Å². The number of carbonyl (C=O) groups is 2. The zero-order chi connectivity index (χ0) is 18.8. The molecule has 0 N–H and O–H groups in total. The van der Waals surface area contributed by atoms with Crippen LogP contribution in [-0.2, 0) is 23.8 Å². The van der Waals surface area contributed by atoms with E-state index in [9.17, 15) is 9.59 Å². The third-order valence-corrected chi connectivity index (χ3v) is 4.12. The number of hydrogen-bond acceptors (Lipinski definition) is 5. The fraction of sp³-hybridized carbons (Fsp3) is 0.900. The summed E-state index contributed by atoms with van der Waals surface area (Å²) < 4.78 is 15.6. The lowest BCUT2D eigenvalue weighted by Gasteiger charge is -2.18. The SMILES string of the molecule is CCCCCCC(CCCOC)OC(=O)CCCCCC(=O)OCC. The quantitative estimate of drug-likeness (QED) is 0.276. The van der Waals surface area contributed by atoms with Crippen molar-refractivity contribution in [3.05, 3.63) is 0 Å². The summed E-state index contributed by atoms with van der Waals surface area (Å²) in [4.78, 5) is 23.3. The molecule has 0 heterocycles. The van der Waals surface area contributed by atoms with Crippen molar-refractivity contribution in [2.24, 2.45) is 0 Å². The molecule has 5 heteroatoms. The molecule has 0 aliphatic carbocycles. The molecular weight excluding hydrogens is 320 g/mol. The molecular formula is C20H38O5. The third kappa shape index (κ3) is 16.1. The molecule has 0 aliphatic heterocycles. The molecule has 0 bridgehead atoms. The molecule has 148 valence electrons. The van der Waals surface area contributed by atoms with Gasteiger partial charge in [0.05, 0.1) is 6.61 Å². The summed E-state index contributed by atoms with van der Waals surface area (Å²) in [5, 5.41) is 0. The second-order valence-corrected chi connectivity index (χ2v) is 6.46. The van der Waals surface area contributed by atoms with Gasteiger partial charge in [-0.3, -0.25) is 9.59 Å². The van der Waals surface area contributed by atoms with Crippen LogP contribution >= 0.6 is 0 Å². The number of hydrogen-bond donors (Lipinski definition) is 0. The fourth-order valence-electron chi connectivity index (χ4n) is 2.71. The van der Waals surface area contributed by atoms with E-state index in [0.717, 1.165) is 44.9 Å². The highest BCUT2D eigenvalue weighted by molar-refractivity contribution is 5.70. The summed E-state index contributed by atoms with van der Waals surface area (Å²) in [7, 11) is 1.69. The molecule has 0 aliphatic rings. The number of esters is 2. The van der Waals surface area contributed by atoms with E-state index in [-0.39, 0.29) is 18.0 Å². The minimum atomic E-state index is -0.157. The average Bonchev–Trinajstić information content (AvgIpc) is 2.58. The summed E-state index contributed by atoms with van der Waals surface area (Å²) in [6.07, 6.45) is 10.7. The second kappa shape index (κ2) is 17.7. The van der Waals surface area contributed by atoms with Crippen LogP contribution in [-0.4, -0.2) is 38.4 Å². The van der Waals surface area contributed by atoms with Crippen LogP contribution in [0.25, 0.3) is 0 Å². The van der Waals surface area contributed by atoms with Crippen LogP contribution in [0.5, 0.6) is 0 Å². The van der Waals surface area contributed by atoms with Gasteiger partial charge in [0.25, 0.3) is 0 Å². The molecule has 0 spiro atoms. The lowest BCUT2D eigenvalue weighted by Crippen LogP contribution is -2.19. The van der Waals surface area contributed by atoms with Crippen molar-refractivity contribution in [3.8, 4) is 0 Å². The van der Waals surface area contributed by atoms with Gasteiger partial charge in [-0.25, -0.2) is 0 Å². The number of ether oxygens (including phenoxy) is 3. The van der Waals surface area contributed by atoms with Crippen molar-refractivity contribution in [1.29, 1.82) is 0 Å². The summed E-state index contributed by atoms with van der Waals surface area (Å²) in [6, 6.07) is 0. The molecule has 0 aromatic carbocycles. The zero-order valence-electron chi connectivity index (χ0n) is 16.5. The van der Waals surface area contributed by atoms with E-state index in [4.69, 9.17) is 14.2 Å². The van der Waals surface area contributed by atoms with E-state index in [2.05, 4.69) is 6.92 Å². The van der Waals surface area contributed by atoms with Gasteiger partial charge in [-0.1, -0.05) is 32.6 Å². The highest BCUT2D eigenvalue weighted by Gasteiger charge is 2.14. The maximum atomic E-state index is 12.0. The van der Waals surface area contributed by atoms with Crippen LogP contribution < -0.4 is 0 Å². The lowest BCUT2D eigenvalue weighted by molar-refractivity contribution is -0.150. The number of rotatable bonds is 17. The van der Waals surface area contributed by atoms with Crippen molar-refractivity contribution in [3.63, 3.8) is 0 Å². The van der Waals surface area contributed by atoms with Crippen molar-refractivity contribution < 1.29 is 23.8 Å². The Morgan fingerprint density at radius 2 is 1.44 bits per heavy atom. The minimum absolute atomic E-state index is 0.0130. The zero-order valence-corrected chi connectivity index (χ0v) is 16.5. The van der Waals surface area contributed by atoms with Gasteiger partial charge in [0.2, 0.25) is 0 Å². The number of unbranched alkanes of at least 4 members (excludes halogenated alkanes) is 5. The maximum absolute atomic E-state index is 12.0. The Morgan fingerprint density at radius 1 is 0.800 bits per heavy atom. The van der Waals surface area contributed by atoms with Crippen molar-refractivity contribution in [1.82, 2.24) is 0 Å². The van der Waals surface area contributed by atoms with Gasteiger partial charge in [-0.15, -0.1) is 0 Å². The molecule has 0 aromatic heterocycles. The normalized spacial score (nSPS) is 12.0. The van der Waals surface area contributed by atoms with E-state index in [1.165, 1.54) is 19.3 Å². The molecule has 0 rings (SSSR count). The molecule has 1 unspecified atom stereocenters. The largest absolute Gasteiger partial charge is 0.466 e. The van der Waals surface area contributed by atoms with Crippen molar-refractivity contribution in [2.75, 3.05) is 20.3 Å². The Labute approximate surface area is 153 Å². The highest BCUT2D eigenvalue weighted by Crippen LogP contribution is 2.15. The molecule has 0 radical (unpaired) electrons. The topological polar surface area (TPSA) is 61.8 Å². The van der Waals surface area contributed by atoms with E-state index in [1.807, 2.05) is 0 Å². The maximum Gasteiger partial charge on any atom is 0.306 e. The van der Waals surface area contributed by atoms with Crippen molar-refractivity contribution in [2.45, 2.75) is 97.0 Å². The Kier molecular flexibility index (Phi) is 16.9. The number of methoxy groups -OCH3 is 1. The molecule has 25 heavy (non-hydrogen) atoms. The molecule has 0 saturated carbocycles. The van der Waals surface area contributed by atoms with Crippen LogP contribution in [0.15, 0.2) is 0 Å². The smallest absolute Gasteiger partial charge is 0.306 e. The Balaban J connectivity index is 3.91. The first kappa shape index (κ1) is 23.9. The lowest BCUT2D eigenvalue weighted by atomic mass is 10.1. The molecule has 1 atom stereocenters. The molecule has 0 saturated heterocycles. The molecule has 5 nitrogen and oxygen atoms in total. The van der Waals surface area contributed by atoms with Gasteiger partial charge in [0, 0.05) is 26.6 Å². The first-order chi connectivity index (χ1) is 12.1. The summed E-state index contributed by atoms with van der Waals surface area (Å²) >= 11 is 0. The molecule has 0 aromatic rings. The van der Waals surface area contributed by atoms with Gasteiger partial charge in [0.1, 0.15) is 6.10 Å². The van der Waals surface area contributed by atoms with Crippen molar-refractivity contribution >= 4 is 11.9 Å². The first-order valence-corrected chi connectivity index (χ1v) is 9.98. The predicted molar refractivity (Wildman–Crippen MR) is 99.5 cm³/mol. The highest BCUT2D eigenvalue weighted by atomic mass is 16.5. The molecule has 0 amide bonds. The van der Waals surface area contributed by atoms with Crippen LogP contribution in [0.4, 0.5) is 0 Å². The van der Waals surface area contributed by atoms with E-state index >= 15 is 0 Å². The van der Waals surface area contributed by atoms with Gasteiger partial charge in [-0.2, -0.15) is 0 Å². The number of carbonyl (C=O) groups excluding carboxylic acids is 2. The summed E-state index contributed by atoms with van der Waals surface area (Å²) in [5.41, 5.74) is 0. The van der Waals surface area contributed by atoms with Crippen LogP contribution in [0.2, 0.25) is 0 Å². The Morgan fingerprint density at radius 3 is 2.08 bits per heavy atom. The van der Waals surface area contributed by atoms with E-state index < -0.39 is 0 Å². The van der Waals surface area contributed by atoms with Crippen LogP contribution in [0, 0.1) is 0 Å². The standard InChI is InChI=1S/C20H38O5/c1-4-6-7-9-13-18(14-12-17-23-3)25-20(22)16-11-8-10-15-19(21)24-5-2/h18H,4-17H2,1-3H3. The first-order valence-electron chi connectivity index (χ1n) is 9.98. The van der Waals surface area contributed by atoms with Gasteiger partial charge < -0.3 is 14.2 Å². The summed E-state index contributed by atoms with van der Waals surface area (Å²) in [6.45, 7) is 5.13. The second-order valence-electron chi connectivity index (χ2n) is 6.46. The van der Waals surface area contributed by atoms with Gasteiger partial charge >= 0.3 is 11.9 Å². The minimum Gasteiger partial charge on any atom is -0.466 e. The Hall–Kier alpha value is -1.10. The van der Waals surface area contributed by atoms with E-state index in [0.29, 0.717) is 26.1 Å². The van der Waals surface area contributed by atoms with Crippen LogP contribution in [0.1, 0.15) is 90.9 Å². The third-order valence-electron chi connectivity index (χ3n) is 4.12. The Bertz CT molecular complexity index is 330. The van der Waals surface area contributed by atoms with Gasteiger partial charge in [-0.05, 0) is 45.4 Å². The van der Waals surface area contributed by atoms with Gasteiger partial charge in [0.15, 0.2) is 0 Å². The summed E-state index contributed by atoms with van der Waals surface area (Å²) in [5.74, 6) is -0.274. The average molecular weight is 359 g/mol. The van der Waals surface area contributed by atoms with Crippen LogP contribution in [0.3, 0.4) is 0 Å². The fourth-order valence-corrected chi connectivity index (χ4v) is 2.71.